The van der Waals surface area contributed by atoms with Crippen LogP contribution in [0.3, 0.4) is 0 Å². The summed E-state index contributed by atoms with van der Waals surface area (Å²) >= 11 is 7.21. The standard InChI is InChI=1S/C9H8ClN3S/c10-8-2-1-7(5-12-8)6-13-3-4-14-9(13)11/h1-5,11H,6H2/p+1. The zero-order valence-corrected chi connectivity index (χ0v) is 8.92. The molecule has 5 heteroatoms. The normalized spacial score (nSPS) is 10.4. The van der Waals surface area contributed by atoms with E-state index in [0.29, 0.717) is 5.15 Å². The molecule has 0 aliphatic rings. The van der Waals surface area contributed by atoms with Crippen molar-refractivity contribution < 1.29 is 4.57 Å². The lowest BCUT2D eigenvalue weighted by atomic mass is 10.3. The van der Waals surface area contributed by atoms with Gasteiger partial charge in [0.2, 0.25) is 0 Å². The number of rotatable bonds is 2. The Balaban J connectivity index is 2.19. The van der Waals surface area contributed by atoms with E-state index in [1.165, 1.54) is 11.3 Å². The molecule has 2 N–H and O–H groups in total. The summed E-state index contributed by atoms with van der Waals surface area (Å²) in [4.78, 5) is 4.00. The monoisotopic (exact) mass is 226 g/mol. The molecule has 0 saturated carbocycles. The fraction of sp³-hybridized carbons (Fsp3) is 0.111. The molecule has 0 atom stereocenters. The zero-order chi connectivity index (χ0) is 9.97. The first-order chi connectivity index (χ1) is 6.75. The summed E-state index contributed by atoms with van der Waals surface area (Å²) in [5.41, 5.74) is 6.84. The van der Waals surface area contributed by atoms with E-state index in [9.17, 15) is 0 Å². The Morgan fingerprint density at radius 3 is 2.93 bits per heavy atom. The van der Waals surface area contributed by atoms with Crippen LogP contribution in [0.25, 0.3) is 0 Å². The highest BCUT2D eigenvalue weighted by atomic mass is 35.5. The third-order valence-electron chi connectivity index (χ3n) is 1.85. The summed E-state index contributed by atoms with van der Waals surface area (Å²) < 4.78 is 1.97. The van der Waals surface area contributed by atoms with E-state index >= 15 is 0 Å². The van der Waals surface area contributed by atoms with Crippen LogP contribution in [0.5, 0.6) is 0 Å². The van der Waals surface area contributed by atoms with Gasteiger partial charge in [0, 0.05) is 17.1 Å². The van der Waals surface area contributed by atoms with Gasteiger partial charge in [-0.3, -0.25) is 5.73 Å². The highest BCUT2D eigenvalue weighted by Crippen LogP contribution is 2.07. The van der Waals surface area contributed by atoms with E-state index in [4.69, 9.17) is 17.3 Å². The molecule has 72 valence electrons. The smallest absolute Gasteiger partial charge is 0.278 e. The van der Waals surface area contributed by atoms with Crippen LogP contribution >= 0.6 is 22.9 Å². The lowest BCUT2D eigenvalue weighted by Gasteiger charge is -1.98. The van der Waals surface area contributed by atoms with Crippen molar-refractivity contribution in [2.45, 2.75) is 6.54 Å². The number of thiazole rings is 1. The van der Waals surface area contributed by atoms with Gasteiger partial charge in [-0.05, 0) is 6.07 Å². The number of aromatic nitrogens is 2. The van der Waals surface area contributed by atoms with Gasteiger partial charge in [0.15, 0.2) is 0 Å². The van der Waals surface area contributed by atoms with Crippen molar-refractivity contribution in [1.82, 2.24) is 4.98 Å². The molecule has 2 aromatic heterocycles. The second-order valence-corrected chi connectivity index (χ2v) is 4.17. The molecule has 0 bridgehead atoms. The Kier molecular flexibility index (Phi) is 2.65. The molecule has 0 fully saturated rings. The minimum Gasteiger partial charge on any atom is -0.278 e. The summed E-state index contributed by atoms with van der Waals surface area (Å²) in [6.07, 6.45) is 3.71. The molecule has 0 radical (unpaired) electrons. The number of nitrogens with two attached hydrogens (primary N) is 1. The van der Waals surface area contributed by atoms with Crippen molar-refractivity contribution >= 4 is 28.1 Å². The first kappa shape index (κ1) is 9.43. The van der Waals surface area contributed by atoms with Crippen LogP contribution in [-0.2, 0) is 6.54 Å². The van der Waals surface area contributed by atoms with E-state index in [0.717, 1.165) is 17.2 Å². The zero-order valence-electron chi connectivity index (χ0n) is 7.35. The first-order valence-corrected chi connectivity index (χ1v) is 5.34. The van der Waals surface area contributed by atoms with Crippen LogP contribution in [0, 0.1) is 0 Å². The minimum atomic E-state index is 0.511. The molecule has 2 aromatic rings. The van der Waals surface area contributed by atoms with Gasteiger partial charge in [-0.2, -0.15) is 0 Å². The lowest BCUT2D eigenvalue weighted by molar-refractivity contribution is -0.669. The van der Waals surface area contributed by atoms with Crippen LogP contribution in [0.1, 0.15) is 5.56 Å². The van der Waals surface area contributed by atoms with E-state index in [2.05, 4.69) is 4.98 Å². The molecule has 0 aromatic carbocycles. The molecule has 0 saturated heterocycles. The van der Waals surface area contributed by atoms with Crippen molar-refractivity contribution in [2.24, 2.45) is 0 Å². The van der Waals surface area contributed by atoms with E-state index < -0.39 is 0 Å². The maximum Gasteiger partial charge on any atom is 0.331 e. The van der Waals surface area contributed by atoms with Crippen LogP contribution in [-0.4, -0.2) is 4.98 Å². The molecule has 0 amide bonds. The van der Waals surface area contributed by atoms with Gasteiger partial charge in [0.1, 0.15) is 17.9 Å². The van der Waals surface area contributed by atoms with E-state index in [1.54, 1.807) is 12.3 Å². The van der Waals surface area contributed by atoms with E-state index in [-0.39, 0.29) is 0 Å². The summed E-state index contributed by atoms with van der Waals surface area (Å²) in [6.45, 7) is 0.736. The largest absolute Gasteiger partial charge is 0.331 e. The van der Waals surface area contributed by atoms with Gasteiger partial charge < -0.3 is 0 Å². The molecule has 0 aliphatic carbocycles. The SMILES string of the molecule is Nc1scc[n+]1Cc1ccc(Cl)nc1. The number of pyridine rings is 1. The van der Waals surface area contributed by atoms with Crippen molar-refractivity contribution in [2.75, 3.05) is 5.73 Å². The van der Waals surface area contributed by atoms with Gasteiger partial charge >= 0.3 is 5.13 Å². The maximum absolute atomic E-state index is 5.75. The van der Waals surface area contributed by atoms with Gasteiger partial charge in [0.25, 0.3) is 0 Å². The van der Waals surface area contributed by atoms with Gasteiger partial charge in [-0.25, -0.2) is 9.55 Å². The number of hydrogen-bond donors (Lipinski definition) is 1. The van der Waals surface area contributed by atoms with Gasteiger partial charge in [0.05, 0.1) is 0 Å². The van der Waals surface area contributed by atoms with Gasteiger partial charge in [-0.15, -0.1) is 0 Å². The number of halogens is 1. The number of nitrogen functional groups attached to an aromatic ring is 1. The maximum atomic E-state index is 5.75. The molecule has 0 unspecified atom stereocenters. The summed E-state index contributed by atoms with van der Waals surface area (Å²) in [5, 5.41) is 3.26. The second-order valence-electron chi connectivity index (χ2n) is 2.86. The summed E-state index contributed by atoms with van der Waals surface area (Å²) in [5.74, 6) is 0. The van der Waals surface area contributed by atoms with Crippen molar-refractivity contribution in [3.63, 3.8) is 0 Å². The minimum absolute atomic E-state index is 0.511. The average molecular weight is 227 g/mol. The molecular formula is C9H9ClN3S+. The number of hydrogen-bond acceptors (Lipinski definition) is 3. The Bertz CT molecular complexity index is 424. The van der Waals surface area contributed by atoms with Crippen LogP contribution in [0.4, 0.5) is 5.13 Å². The van der Waals surface area contributed by atoms with Crippen LogP contribution in [0.15, 0.2) is 29.9 Å². The topological polar surface area (TPSA) is 42.8 Å². The molecule has 0 spiro atoms. The third-order valence-corrected chi connectivity index (χ3v) is 2.81. The predicted octanol–water partition coefficient (Wildman–Crippen LogP) is 1.71. The highest BCUT2D eigenvalue weighted by Gasteiger charge is 2.06. The van der Waals surface area contributed by atoms with Crippen molar-refractivity contribution in [3.05, 3.63) is 40.6 Å². The highest BCUT2D eigenvalue weighted by molar-refractivity contribution is 7.12. The van der Waals surface area contributed by atoms with Gasteiger partial charge in [-0.1, -0.05) is 29.0 Å². The molecule has 3 nitrogen and oxygen atoms in total. The van der Waals surface area contributed by atoms with Crippen molar-refractivity contribution in [1.29, 1.82) is 0 Å². The fourth-order valence-electron chi connectivity index (χ4n) is 1.14. The molecule has 2 heterocycles. The summed E-state index contributed by atoms with van der Waals surface area (Å²) in [7, 11) is 0. The van der Waals surface area contributed by atoms with Crippen molar-refractivity contribution in [3.8, 4) is 0 Å². The molecule has 2 rings (SSSR count). The Morgan fingerprint density at radius 2 is 2.36 bits per heavy atom. The predicted molar refractivity (Wildman–Crippen MR) is 57.3 cm³/mol. The molecule has 14 heavy (non-hydrogen) atoms. The number of nitrogens with zero attached hydrogens (tertiary/aromatic N) is 2. The Labute approximate surface area is 90.8 Å². The summed E-state index contributed by atoms with van der Waals surface area (Å²) in [6, 6.07) is 3.72. The molecule has 0 aliphatic heterocycles. The number of anilines is 1. The average Bonchev–Trinajstić information content (AvgIpc) is 2.56. The van der Waals surface area contributed by atoms with Crippen LogP contribution in [0.2, 0.25) is 5.15 Å². The Hall–Kier alpha value is -1.13. The third kappa shape index (κ3) is 2.02. The quantitative estimate of drug-likeness (QED) is 0.626. The first-order valence-electron chi connectivity index (χ1n) is 4.08. The van der Waals surface area contributed by atoms with E-state index in [1.807, 2.05) is 22.2 Å². The second kappa shape index (κ2) is 3.94. The fourth-order valence-corrected chi connectivity index (χ4v) is 1.86. The lowest BCUT2D eigenvalue weighted by Crippen LogP contribution is -2.34. The van der Waals surface area contributed by atoms with Crippen LogP contribution < -0.4 is 10.3 Å². The molecular weight excluding hydrogens is 218 g/mol. The Morgan fingerprint density at radius 1 is 1.50 bits per heavy atom.